The quantitative estimate of drug-likeness (QED) is 0.328. The average molecular weight is 244 g/mol. The van der Waals surface area contributed by atoms with E-state index in [2.05, 4.69) is 6.92 Å². The Balaban J connectivity index is 2.60. The third kappa shape index (κ3) is 3.56. The number of hydrogen-bond acceptors (Lipinski definition) is 5. The first-order valence-electron chi connectivity index (χ1n) is 5.24. The highest BCUT2D eigenvalue weighted by molar-refractivity contribution is 8.02. The molecule has 0 N–H and O–H groups in total. The van der Waals surface area contributed by atoms with E-state index in [1.54, 1.807) is 0 Å². The lowest BCUT2D eigenvalue weighted by Gasteiger charge is -2.29. The van der Waals surface area contributed by atoms with Crippen LogP contribution in [0.1, 0.15) is 33.6 Å². The molecule has 90 valence electrons. The molecular formula is C11H16O4S. The first kappa shape index (κ1) is 13.1. The summed E-state index contributed by atoms with van der Waals surface area (Å²) in [6, 6.07) is 0. The zero-order chi connectivity index (χ0) is 12.2. The SMILES string of the molecule is CCCCSC=C1C(=O)OC(C)(C)OC1=O. The van der Waals surface area contributed by atoms with Crippen LogP contribution in [0.3, 0.4) is 0 Å². The van der Waals surface area contributed by atoms with E-state index < -0.39 is 17.7 Å². The van der Waals surface area contributed by atoms with Crippen LogP contribution in [-0.2, 0) is 19.1 Å². The van der Waals surface area contributed by atoms with Crippen molar-refractivity contribution in [2.75, 3.05) is 5.75 Å². The highest BCUT2D eigenvalue weighted by Crippen LogP contribution is 2.24. The van der Waals surface area contributed by atoms with E-state index in [1.807, 2.05) is 0 Å². The maximum absolute atomic E-state index is 11.5. The van der Waals surface area contributed by atoms with Gasteiger partial charge in [0, 0.05) is 13.8 Å². The van der Waals surface area contributed by atoms with Crippen molar-refractivity contribution in [3.63, 3.8) is 0 Å². The van der Waals surface area contributed by atoms with Crippen LogP contribution in [0.15, 0.2) is 11.0 Å². The maximum Gasteiger partial charge on any atom is 0.349 e. The van der Waals surface area contributed by atoms with Gasteiger partial charge >= 0.3 is 11.9 Å². The molecule has 0 radical (unpaired) electrons. The lowest BCUT2D eigenvalue weighted by Crippen LogP contribution is -2.41. The maximum atomic E-state index is 11.5. The fourth-order valence-electron chi connectivity index (χ4n) is 1.13. The van der Waals surface area contributed by atoms with Gasteiger partial charge in [-0.05, 0) is 17.6 Å². The molecule has 1 heterocycles. The minimum atomic E-state index is -1.15. The van der Waals surface area contributed by atoms with E-state index in [-0.39, 0.29) is 5.57 Å². The average Bonchev–Trinajstić information content (AvgIpc) is 2.13. The Labute approximate surface area is 99.4 Å². The van der Waals surface area contributed by atoms with Gasteiger partial charge in [0.1, 0.15) is 0 Å². The Morgan fingerprint density at radius 3 is 2.31 bits per heavy atom. The molecule has 0 aromatic heterocycles. The van der Waals surface area contributed by atoms with Gasteiger partial charge in [0.15, 0.2) is 5.57 Å². The predicted molar refractivity (Wildman–Crippen MR) is 61.7 cm³/mol. The molecule has 0 aromatic rings. The normalized spacial score (nSPS) is 19.1. The van der Waals surface area contributed by atoms with Gasteiger partial charge in [-0.3, -0.25) is 0 Å². The van der Waals surface area contributed by atoms with Gasteiger partial charge < -0.3 is 9.47 Å². The second-order valence-electron chi connectivity index (χ2n) is 3.93. The van der Waals surface area contributed by atoms with Gasteiger partial charge in [-0.15, -0.1) is 11.8 Å². The molecule has 0 spiro atoms. The Bertz CT molecular complexity index is 298. The number of unbranched alkanes of at least 4 members (excludes halogenated alkanes) is 1. The summed E-state index contributed by atoms with van der Waals surface area (Å²) >= 11 is 1.43. The molecule has 0 saturated carbocycles. The second-order valence-corrected chi connectivity index (χ2v) is 4.91. The molecule has 1 rings (SSSR count). The molecule has 0 aromatic carbocycles. The topological polar surface area (TPSA) is 52.6 Å². The van der Waals surface area contributed by atoms with Gasteiger partial charge in [0.2, 0.25) is 0 Å². The molecule has 0 atom stereocenters. The molecule has 0 aliphatic carbocycles. The van der Waals surface area contributed by atoms with Crippen molar-refractivity contribution in [2.24, 2.45) is 0 Å². The molecule has 4 nitrogen and oxygen atoms in total. The molecular weight excluding hydrogens is 228 g/mol. The van der Waals surface area contributed by atoms with E-state index in [1.165, 1.54) is 31.0 Å². The molecule has 1 saturated heterocycles. The highest BCUT2D eigenvalue weighted by Gasteiger charge is 2.38. The van der Waals surface area contributed by atoms with Crippen LogP contribution >= 0.6 is 11.8 Å². The van der Waals surface area contributed by atoms with Crippen molar-refractivity contribution < 1.29 is 19.1 Å². The Morgan fingerprint density at radius 1 is 1.25 bits per heavy atom. The van der Waals surface area contributed by atoms with Crippen molar-refractivity contribution in [3.8, 4) is 0 Å². The van der Waals surface area contributed by atoms with Crippen molar-refractivity contribution in [1.82, 2.24) is 0 Å². The number of carbonyl (C=O) groups excluding carboxylic acids is 2. The van der Waals surface area contributed by atoms with Crippen LogP contribution in [0.2, 0.25) is 0 Å². The van der Waals surface area contributed by atoms with Crippen LogP contribution in [0.4, 0.5) is 0 Å². The van der Waals surface area contributed by atoms with Gasteiger partial charge in [-0.1, -0.05) is 13.3 Å². The predicted octanol–water partition coefficient (Wildman–Crippen LogP) is 2.24. The molecule has 5 heteroatoms. The number of carbonyl (C=O) groups is 2. The highest BCUT2D eigenvalue weighted by atomic mass is 32.2. The van der Waals surface area contributed by atoms with Gasteiger partial charge in [-0.2, -0.15) is 0 Å². The number of thioether (sulfide) groups is 1. The Hall–Kier alpha value is -0.970. The monoisotopic (exact) mass is 244 g/mol. The lowest BCUT2D eigenvalue weighted by atomic mass is 10.2. The summed E-state index contributed by atoms with van der Waals surface area (Å²) in [7, 11) is 0. The van der Waals surface area contributed by atoms with Gasteiger partial charge in [-0.25, -0.2) is 9.59 Å². The molecule has 1 fully saturated rings. The third-order valence-electron chi connectivity index (χ3n) is 1.93. The largest absolute Gasteiger partial charge is 0.419 e. The Morgan fingerprint density at radius 2 is 1.81 bits per heavy atom. The van der Waals surface area contributed by atoms with Crippen LogP contribution < -0.4 is 0 Å². The summed E-state index contributed by atoms with van der Waals surface area (Å²) in [6.45, 7) is 5.15. The lowest BCUT2D eigenvalue weighted by molar-refractivity contribution is -0.222. The zero-order valence-electron chi connectivity index (χ0n) is 9.74. The summed E-state index contributed by atoms with van der Waals surface area (Å²) in [4.78, 5) is 23.0. The van der Waals surface area contributed by atoms with Crippen LogP contribution in [0.5, 0.6) is 0 Å². The smallest absolute Gasteiger partial charge is 0.349 e. The zero-order valence-corrected chi connectivity index (χ0v) is 10.6. The van der Waals surface area contributed by atoms with Crippen molar-refractivity contribution >= 4 is 23.7 Å². The van der Waals surface area contributed by atoms with Crippen molar-refractivity contribution in [2.45, 2.75) is 39.4 Å². The number of hydrogen-bond donors (Lipinski definition) is 0. The summed E-state index contributed by atoms with van der Waals surface area (Å²) in [6.07, 6.45) is 2.13. The molecule has 0 amide bonds. The number of rotatable bonds is 4. The molecule has 1 aliphatic heterocycles. The minimum Gasteiger partial charge on any atom is -0.419 e. The number of esters is 2. The molecule has 1 aliphatic rings. The second kappa shape index (κ2) is 5.39. The summed E-state index contributed by atoms with van der Waals surface area (Å²) in [5.41, 5.74) is -0.0135. The van der Waals surface area contributed by atoms with E-state index in [0.717, 1.165) is 18.6 Å². The van der Waals surface area contributed by atoms with Crippen LogP contribution in [0.25, 0.3) is 0 Å². The van der Waals surface area contributed by atoms with Crippen molar-refractivity contribution in [1.29, 1.82) is 0 Å². The molecule has 0 bridgehead atoms. The van der Waals surface area contributed by atoms with E-state index in [4.69, 9.17) is 9.47 Å². The van der Waals surface area contributed by atoms with Crippen LogP contribution in [-0.4, -0.2) is 23.5 Å². The van der Waals surface area contributed by atoms with Gasteiger partial charge in [0.25, 0.3) is 5.79 Å². The molecule has 0 unspecified atom stereocenters. The van der Waals surface area contributed by atoms with Crippen LogP contribution in [0, 0.1) is 0 Å². The summed E-state index contributed by atoms with van der Waals surface area (Å²) < 4.78 is 9.90. The van der Waals surface area contributed by atoms with Gasteiger partial charge in [0.05, 0.1) is 0 Å². The summed E-state index contributed by atoms with van der Waals surface area (Å²) in [5.74, 6) is -1.49. The standard InChI is InChI=1S/C11H16O4S/c1-4-5-6-16-7-8-9(12)14-11(2,3)15-10(8)13/h7H,4-6H2,1-3H3. The number of ether oxygens (including phenoxy) is 2. The fourth-order valence-corrected chi connectivity index (χ4v) is 2.06. The van der Waals surface area contributed by atoms with E-state index >= 15 is 0 Å². The van der Waals surface area contributed by atoms with E-state index in [0.29, 0.717) is 0 Å². The number of cyclic esters (lactones) is 2. The minimum absolute atomic E-state index is 0.0135. The van der Waals surface area contributed by atoms with E-state index in [9.17, 15) is 9.59 Å². The first-order valence-corrected chi connectivity index (χ1v) is 6.29. The third-order valence-corrected chi connectivity index (χ3v) is 2.86. The van der Waals surface area contributed by atoms with Crippen molar-refractivity contribution in [3.05, 3.63) is 11.0 Å². The Kier molecular flexibility index (Phi) is 4.41. The fraction of sp³-hybridized carbons (Fsp3) is 0.636. The molecule has 16 heavy (non-hydrogen) atoms. The first-order chi connectivity index (χ1) is 7.46. The summed E-state index contributed by atoms with van der Waals surface area (Å²) in [5, 5.41) is 1.52.